The molecule has 0 fully saturated rings. The first-order chi connectivity index (χ1) is 11.8. The van der Waals surface area contributed by atoms with Crippen molar-refractivity contribution >= 4 is 34.8 Å². The molecule has 0 aliphatic heterocycles. The van der Waals surface area contributed by atoms with E-state index in [1.165, 1.54) is 0 Å². The van der Waals surface area contributed by atoms with Crippen LogP contribution in [0, 0.1) is 17.6 Å². The van der Waals surface area contributed by atoms with E-state index in [0.717, 1.165) is 12.1 Å². The van der Waals surface area contributed by atoms with E-state index in [0.29, 0.717) is 17.8 Å². The summed E-state index contributed by atoms with van der Waals surface area (Å²) in [5, 5.41) is 5.09. The first-order valence-electron chi connectivity index (χ1n) is 7.62. The van der Waals surface area contributed by atoms with Crippen LogP contribution in [0.2, 0.25) is 5.02 Å². The number of amides is 2. The molecule has 0 aliphatic rings. The second-order valence-electron chi connectivity index (χ2n) is 5.92. The number of carbonyl (C=O) groups is 2. The molecule has 0 spiro atoms. The van der Waals surface area contributed by atoms with Gasteiger partial charge in [-0.15, -0.1) is 0 Å². The Morgan fingerprint density at radius 1 is 1.00 bits per heavy atom. The van der Waals surface area contributed by atoms with Crippen LogP contribution in [0.15, 0.2) is 36.4 Å². The van der Waals surface area contributed by atoms with Crippen LogP contribution in [0.3, 0.4) is 0 Å². The molecule has 0 bridgehead atoms. The van der Waals surface area contributed by atoms with Gasteiger partial charge in [-0.25, -0.2) is 8.78 Å². The lowest BCUT2D eigenvalue weighted by Crippen LogP contribution is -2.15. The van der Waals surface area contributed by atoms with E-state index < -0.39 is 17.5 Å². The van der Waals surface area contributed by atoms with E-state index in [4.69, 9.17) is 11.6 Å². The van der Waals surface area contributed by atoms with Gasteiger partial charge in [-0.3, -0.25) is 9.59 Å². The molecule has 2 aromatic carbocycles. The van der Waals surface area contributed by atoms with Gasteiger partial charge < -0.3 is 10.6 Å². The zero-order chi connectivity index (χ0) is 18.6. The summed E-state index contributed by atoms with van der Waals surface area (Å²) in [6.07, 6.45) is 0.410. The lowest BCUT2D eigenvalue weighted by molar-refractivity contribution is -0.116. The van der Waals surface area contributed by atoms with Gasteiger partial charge in [-0.1, -0.05) is 25.4 Å². The Morgan fingerprint density at radius 3 is 2.08 bits per heavy atom. The third-order valence-corrected chi connectivity index (χ3v) is 3.59. The number of anilines is 2. The predicted molar refractivity (Wildman–Crippen MR) is 93.8 cm³/mol. The lowest BCUT2D eigenvalue weighted by atomic mass is 10.1. The molecule has 132 valence electrons. The smallest absolute Gasteiger partial charge is 0.257 e. The van der Waals surface area contributed by atoms with Crippen molar-refractivity contribution in [3.05, 3.63) is 58.6 Å². The van der Waals surface area contributed by atoms with E-state index in [2.05, 4.69) is 10.6 Å². The standard InChI is InChI=1S/C18H17ClF2N2O2/c1-10(2)7-17(24)22-11-3-5-12(6-4-11)23-18(25)13-8-15(20)16(21)9-14(13)19/h3-6,8-10H,7H2,1-2H3,(H,22,24)(H,23,25). The van der Waals surface area contributed by atoms with E-state index in [9.17, 15) is 18.4 Å². The van der Waals surface area contributed by atoms with Crippen molar-refractivity contribution in [1.29, 1.82) is 0 Å². The summed E-state index contributed by atoms with van der Waals surface area (Å²) in [7, 11) is 0. The monoisotopic (exact) mass is 366 g/mol. The van der Waals surface area contributed by atoms with Crippen molar-refractivity contribution in [3.63, 3.8) is 0 Å². The van der Waals surface area contributed by atoms with Gasteiger partial charge in [0.25, 0.3) is 5.91 Å². The molecular weight excluding hydrogens is 350 g/mol. The molecule has 0 unspecified atom stereocenters. The second kappa shape index (κ2) is 8.07. The minimum absolute atomic E-state index is 0.0969. The number of benzene rings is 2. The Morgan fingerprint density at radius 2 is 1.52 bits per heavy atom. The van der Waals surface area contributed by atoms with Crippen molar-refractivity contribution < 1.29 is 18.4 Å². The highest BCUT2D eigenvalue weighted by Crippen LogP contribution is 2.22. The molecule has 2 rings (SSSR count). The normalized spacial score (nSPS) is 10.6. The number of hydrogen-bond donors (Lipinski definition) is 2. The van der Waals surface area contributed by atoms with Crippen LogP contribution in [0.4, 0.5) is 20.2 Å². The van der Waals surface area contributed by atoms with Crippen LogP contribution < -0.4 is 10.6 Å². The van der Waals surface area contributed by atoms with E-state index in [1.807, 2.05) is 13.8 Å². The summed E-state index contributed by atoms with van der Waals surface area (Å²) in [4.78, 5) is 23.8. The SMILES string of the molecule is CC(C)CC(=O)Nc1ccc(NC(=O)c2cc(F)c(F)cc2Cl)cc1. The van der Waals surface area contributed by atoms with Crippen LogP contribution >= 0.6 is 11.6 Å². The average molecular weight is 367 g/mol. The van der Waals surface area contributed by atoms with Gasteiger partial charge in [0.15, 0.2) is 11.6 Å². The molecule has 0 saturated carbocycles. The highest BCUT2D eigenvalue weighted by molar-refractivity contribution is 6.34. The van der Waals surface area contributed by atoms with E-state index in [-0.39, 0.29) is 22.4 Å². The molecule has 0 saturated heterocycles. The fourth-order valence-electron chi connectivity index (χ4n) is 2.11. The predicted octanol–water partition coefficient (Wildman–Crippen LogP) is 4.86. The largest absolute Gasteiger partial charge is 0.326 e. The van der Waals surface area contributed by atoms with Gasteiger partial charge in [-0.2, -0.15) is 0 Å². The minimum Gasteiger partial charge on any atom is -0.326 e. The first-order valence-corrected chi connectivity index (χ1v) is 8.00. The lowest BCUT2D eigenvalue weighted by Gasteiger charge is -2.10. The number of rotatable bonds is 5. The van der Waals surface area contributed by atoms with Crippen molar-refractivity contribution in [2.45, 2.75) is 20.3 Å². The molecule has 2 aromatic rings. The van der Waals surface area contributed by atoms with Crippen molar-refractivity contribution in [3.8, 4) is 0 Å². The molecule has 0 aliphatic carbocycles. The third kappa shape index (κ3) is 5.26. The molecule has 25 heavy (non-hydrogen) atoms. The third-order valence-electron chi connectivity index (χ3n) is 3.27. The summed E-state index contributed by atoms with van der Waals surface area (Å²) in [5.41, 5.74) is 0.844. The van der Waals surface area contributed by atoms with E-state index in [1.54, 1.807) is 24.3 Å². The number of halogens is 3. The molecule has 2 N–H and O–H groups in total. The van der Waals surface area contributed by atoms with Crippen LogP contribution in [0.1, 0.15) is 30.6 Å². The van der Waals surface area contributed by atoms with Gasteiger partial charge in [0, 0.05) is 17.8 Å². The van der Waals surface area contributed by atoms with Gasteiger partial charge in [0.05, 0.1) is 10.6 Å². The molecule has 0 atom stereocenters. The van der Waals surface area contributed by atoms with Crippen molar-refractivity contribution in [2.24, 2.45) is 5.92 Å². The Labute approximate surface area is 149 Å². The summed E-state index contributed by atoms with van der Waals surface area (Å²) in [6, 6.07) is 7.90. The first kappa shape index (κ1) is 18.9. The zero-order valence-corrected chi connectivity index (χ0v) is 14.5. The average Bonchev–Trinajstić information content (AvgIpc) is 2.52. The highest BCUT2D eigenvalue weighted by Gasteiger charge is 2.15. The van der Waals surface area contributed by atoms with Gasteiger partial charge in [-0.05, 0) is 42.3 Å². The fourth-order valence-corrected chi connectivity index (χ4v) is 2.35. The Bertz CT molecular complexity index is 792. The highest BCUT2D eigenvalue weighted by atomic mass is 35.5. The maximum Gasteiger partial charge on any atom is 0.257 e. The number of carbonyl (C=O) groups excluding carboxylic acids is 2. The zero-order valence-electron chi connectivity index (χ0n) is 13.7. The van der Waals surface area contributed by atoms with Crippen LogP contribution in [0.25, 0.3) is 0 Å². The molecule has 0 aromatic heterocycles. The van der Waals surface area contributed by atoms with Crippen LogP contribution in [0.5, 0.6) is 0 Å². The van der Waals surface area contributed by atoms with Gasteiger partial charge in [0.2, 0.25) is 5.91 Å². The second-order valence-corrected chi connectivity index (χ2v) is 6.33. The topological polar surface area (TPSA) is 58.2 Å². The maximum absolute atomic E-state index is 13.3. The summed E-state index contributed by atoms with van der Waals surface area (Å²) in [5.74, 6) is -2.79. The Kier molecular flexibility index (Phi) is 6.09. The fraction of sp³-hybridized carbons (Fsp3) is 0.222. The van der Waals surface area contributed by atoms with Gasteiger partial charge >= 0.3 is 0 Å². The number of hydrogen-bond acceptors (Lipinski definition) is 2. The van der Waals surface area contributed by atoms with Crippen molar-refractivity contribution in [1.82, 2.24) is 0 Å². The Balaban J connectivity index is 2.05. The van der Waals surface area contributed by atoms with Crippen LogP contribution in [-0.4, -0.2) is 11.8 Å². The summed E-state index contributed by atoms with van der Waals surface area (Å²) in [6.45, 7) is 3.89. The number of nitrogens with one attached hydrogen (secondary N) is 2. The summed E-state index contributed by atoms with van der Waals surface area (Å²) >= 11 is 5.77. The summed E-state index contributed by atoms with van der Waals surface area (Å²) < 4.78 is 26.3. The molecule has 2 amide bonds. The molecular formula is C18H17ClF2N2O2. The molecule has 0 radical (unpaired) electrons. The molecule has 0 heterocycles. The van der Waals surface area contributed by atoms with Gasteiger partial charge in [0.1, 0.15) is 0 Å². The Hall–Kier alpha value is -2.47. The molecule has 7 heteroatoms. The minimum atomic E-state index is -1.15. The van der Waals surface area contributed by atoms with Crippen LogP contribution in [-0.2, 0) is 4.79 Å². The molecule has 4 nitrogen and oxygen atoms in total. The quantitative estimate of drug-likeness (QED) is 0.743. The maximum atomic E-state index is 13.3. The van der Waals surface area contributed by atoms with E-state index >= 15 is 0 Å². The van der Waals surface area contributed by atoms with Crippen molar-refractivity contribution in [2.75, 3.05) is 10.6 Å².